The quantitative estimate of drug-likeness (QED) is 0.280. The van der Waals surface area contributed by atoms with E-state index in [1.54, 1.807) is 0 Å². The molecule has 0 bridgehead atoms. The van der Waals surface area contributed by atoms with Crippen LogP contribution in [0.25, 0.3) is 0 Å². The predicted octanol–water partition coefficient (Wildman–Crippen LogP) is -2.24. The summed E-state index contributed by atoms with van der Waals surface area (Å²) in [5.74, 6) is 0. The molecule has 0 saturated carbocycles. The molecule has 0 fully saturated rings. The van der Waals surface area contributed by atoms with E-state index in [0.29, 0.717) is 0 Å². The molecule has 0 spiro atoms. The fourth-order valence-electron chi connectivity index (χ4n) is 0. The standard InChI is InChI=1S/C2H6.Al.Li.H/c1-2;;;/h1-2H3;;;/q;;+1;-1. The Morgan fingerprint density at radius 3 is 1.25 bits per heavy atom. The van der Waals surface area contributed by atoms with Crippen molar-refractivity contribution in [3.05, 3.63) is 0 Å². The Morgan fingerprint density at radius 2 is 1.25 bits per heavy atom. The van der Waals surface area contributed by atoms with Crippen molar-refractivity contribution >= 4 is 17.4 Å². The summed E-state index contributed by atoms with van der Waals surface area (Å²) in [5.41, 5.74) is 0. The van der Waals surface area contributed by atoms with Crippen molar-refractivity contribution in [2.45, 2.75) is 13.8 Å². The van der Waals surface area contributed by atoms with Gasteiger partial charge in [-0.25, -0.2) is 0 Å². The average Bonchev–Trinajstić information content (AvgIpc) is 1.00. The van der Waals surface area contributed by atoms with E-state index in [0.717, 1.165) is 0 Å². The summed E-state index contributed by atoms with van der Waals surface area (Å²) in [6.45, 7) is 4.00. The van der Waals surface area contributed by atoms with Gasteiger partial charge in [0.15, 0.2) is 0 Å². The van der Waals surface area contributed by atoms with Crippen LogP contribution in [-0.2, 0) is 0 Å². The van der Waals surface area contributed by atoms with E-state index >= 15 is 0 Å². The first-order valence-electron chi connectivity index (χ1n) is 1.00. The first kappa shape index (κ1) is 19.3. The molecule has 0 N–H and O–H groups in total. The molecule has 0 unspecified atom stereocenters. The molecule has 0 aromatic rings. The molecule has 0 heterocycles. The van der Waals surface area contributed by atoms with Gasteiger partial charge in [0.05, 0.1) is 0 Å². The maximum absolute atomic E-state index is 2.00. The second-order valence-corrected chi connectivity index (χ2v) is 0. The van der Waals surface area contributed by atoms with Crippen LogP contribution in [-0.4, -0.2) is 17.4 Å². The molecule has 0 atom stereocenters. The van der Waals surface area contributed by atoms with Crippen molar-refractivity contribution in [1.82, 2.24) is 0 Å². The number of hydrogen-bond acceptors (Lipinski definition) is 0. The van der Waals surface area contributed by atoms with E-state index in [4.69, 9.17) is 0 Å². The van der Waals surface area contributed by atoms with Gasteiger partial charge < -0.3 is 1.43 Å². The number of hydrogen-bond donors (Lipinski definition) is 0. The zero-order valence-corrected chi connectivity index (χ0v) is 4.73. The van der Waals surface area contributed by atoms with Crippen molar-refractivity contribution in [1.29, 1.82) is 0 Å². The van der Waals surface area contributed by atoms with Crippen LogP contribution in [0.1, 0.15) is 15.3 Å². The van der Waals surface area contributed by atoms with Crippen LogP contribution >= 0.6 is 0 Å². The molecule has 3 radical (unpaired) electrons. The molecule has 0 aliphatic carbocycles. The SMILES string of the molecule is CC.[Al].[H-].[Li+]. The number of rotatable bonds is 0. The minimum Gasteiger partial charge on any atom is -1.00 e. The summed E-state index contributed by atoms with van der Waals surface area (Å²) < 4.78 is 0. The molecule has 0 rings (SSSR count). The molecule has 0 aromatic heterocycles. The van der Waals surface area contributed by atoms with Crippen LogP contribution in [0.15, 0.2) is 0 Å². The van der Waals surface area contributed by atoms with Crippen LogP contribution in [0.4, 0.5) is 0 Å². The summed E-state index contributed by atoms with van der Waals surface area (Å²) in [6.07, 6.45) is 0. The Kier molecular flexibility index (Phi) is 153. The Labute approximate surface area is 51.8 Å². The summed E-state index contributed by atoms with van der Waals surface area (Å²) in [4.78, 5) is 0. The molecule has 4 heavy (non-hydrogen) atoms. The predicted molar refractivity (Wildman–Crippen MR) is 18.2 cm³/mol. The van der Waals surface area contributed by atoms with Crippen molar-refractivity contribution in [3.63, 3.8) is 0 Å². The molecule has 0 aliphatic rings. The topological polar surface area (TPSA) is 0 Å². The molecule has 19 valence electrons. The van der Waals surface area contributed by atoms with Crippen LogP contribution < -0.4 is 18.9 Å². The van der Waals surface area contributed by atoms with E-state index in [2.05, 4.69) is 0 Å². The van der Waals surface area contributed by atoms with Crippen LogP contribution in [0.3, 0.4) is 0 Å². The van der Waals surface area contributed by atoms with E-state index in [-0.39, 0.29) is 37.6 Å². The van der Waals surface area contributed by atoms with E-state index in [1.165, 1.54) is 0 Å². The molecular formula is C2H7AlLi. The Balaban J connectivity index is -0.00000000167. The van der Waals surface area contributed by atoms with Crippen molar-refractivity contribution < 1.29 is 20.3 Å². The summed E-state index contributed by atoms with van der Waals surface area (Å²) >= 11 is 0. The van der Waals surface area contributed by atoms with Crippen LogP contribution in [0.5, 0.6) is 0 Å². The van der Waals surface area contributed by atoms with Gasteiger partial charge in [-0.3, -0.25) is 0 Å². The maximum Gasteiger partial charge on any atom is 1.00 e. The van der Waals surface area contributed by atoms with Gasteiger partial charge in [-0.1, -0.05) is 13.8 Å². The summed E-state index contributed by atoms with van der Waals surface area (Å²) in [6, 6.07) is 0. The van der Waals surface area contributed by atoms with E-state index < -0.39 is 0 Å². The Bertz CT molecular complexity index is 9.61. The van der Waals surface area contributed by atoms with Gasteiger partial charge in [0, 0.05) is 17.4 Å². The normalized spacial score (nSPS) is 1.50. The maximum atomic E-state index is 2.00. The first-order valence-corrected chi connectivity index (χ1v) is 1.00. The zero-order chi connectivity index (χ0) is 2.00. The van der Waals surface area contributed by atoms with E-state index in [1.807, 2.05) is 13.8 Å². The van der Waals surface area contributed by atoms with Crippen LogP contribution in [0, 0.1) is 0 Å². The fourth-order valence-corrected chi connectivity index (χ4v) is 0. The average molecular weight is 65.0 g/mol. The molecule has 2 heteroatoms. The molecule has 0 aromatic carbocycles. The van der Waals surface area contributed by atoms with Gasteiger partial charge in [-0.05, 0) is 0 Å². The molecular weight excluding hydrogens is 57.9 g/mol. The van der Waals surface area contributed by atoms with Gasteiger partial charge in [0.1, 0.15) is 0 Å². The van der Waals surface area contributed by atoms with Gasteiger partial charge >= 0.3 is 18.9 Å². The first-order chi connectivity index (χ1) is 1.00. The minimum absolute atomic E-state index is 0. The second kappa shape index (κ2) is 31.7. The van der Waals surface area contributed by atoms with Crippen molar-refractivity contribution in [2.75, 3.05) is 0 Å². The van der Waals surface area contributed by atoms with Crippen molar-refractivity contribution in [2.24, 2.45) is 0 Å². The third-order valence-corrected chi connectivity index (χ3v) is 0. The molecule has 0 amide bonds. The fraction of sp³-hybridized carbons (Fsp3) is 1.00. The smallest absolute Gasteiger partial charge is 1.00 e. The van der Waals surface area contributed by atoms with Crippen LogP contribution in [0.2, 0.25) is 0 Å². The third-order valence-electron chi connectivity index (χ3n) is 0. The second-order valence-electron chi connectivity index (χ2n) is 0. The van der Waals surface area contributed by atoms with Gasteiger partial charge in [-0.15, -0.1) is 0 Å². The summed E-state index contributed by atoms with van der Waals surface area (Å²) in [5, 5.41) is 0. The molecule has 0 saturated heterocycles. The summed E-state index contributed by atoms with van der Waals surface area (Å²) in [7, 11) is 0. The minimum atomic E-state index is 0. The Hall–Kier alpha value is 1.13. The monoisotopic (exact) mass is 65.1 g/mol. The Morgan fingerprint density at radius 1 is 1.25 bits per heavy atom. The van der Waals surface area contributed by atoms with Gasteiger partial charge in [-0.2, -0.15) is 0 Å². The molecule has 0 nitrogen and oxygen atoms in total. The third kappa shape index (κ3) is 11.1. The van der Waals surface area contributed by atoms with Gasteiger partial charge in [0.25, 0.3) is 0 Å². The van der Waals surface area contributed by atoms with Crippen molar-refractivity contribution in [3.8, 4) is 0 Å². The molecule has 0 aliphatic heterocycles. The largest absolute Gasteiger partial charge is 1.00 e. The zero-order valence-electron chi connectivity index (χ0n) is 4.58. The van der Waals surface area contributed by atoms with Gasteiger partial charge in [0.2, 0.25) is 0 Å². The van der Waals surface area contributed by atoms with E-state index in [9.17, 15) is 0 Å².